The average Bonchev–Trinajstić information content (AvgIpc) is 2.75. The number of nitrogens with zero attached hydrogens (tertiary/aromatic N) is 2. The van der Waals surface area contributed by atoms with Crippen LogP contribution < -0.4 is 0 Å². The lowest BCUT2D eigenvalue weighted by Gasteiger charge is -2.45. The van der Waals surface area contributed by atoms with E-state index >= 15 is 0 Å². The van der Waals surface area contributed by atoms with Crippen LogP contribution in [0.5, 0.6) is 0 Å². The molecule has 1 saturated carbocycles. The smallest absolute Gasteiger partial charge is 0.112 e. The normalized spacial score (nSPS) is 45.0. The van der Waals surface area contributed by atoms with E-state index in [1.54, 1.807) is 7.11 Å². The number of hydrogen-bond donors (Lipinski definition) is 1. The molecule has 0 saturated heterocycles. The highest BCUT2D eigenvalue weighted by Crippen LogP contribution is 2.61. The molecule has 0 amide bonds. The summed E-state index contributed by atoms with van der Waals surface area (Å²) in [5.74, 6) is 1.38. The van der Waals surface area contributed by atoms with Crippen molar-refractivity contribution in [1.29, 1.82) is 5.26 Å². The van der Waals surface area contributed by atoms with Crippen LogP contribution in [0, 0.1) is 34.5 Å². The number of ether oxygens (including phenoxy) is 1. The minimum absolute atomic E-state index is 0.0224. The summed E-state index contributed by atoms with van der Waals surface area (Å²) in [6, 6.07) is 2.59. The fourth-order valence-electron chi connectivity index (χ4n) is 5.27. The number of hydrogen-bond acceptors (Lipinski definition) is 5. The molecule has 2 aliphatic carbocycles. The van der Waals surface area contributed by atoms with Crippen molar-refractivity contribution in [3.63, 3.8) is 0 Å². The Morgan fingerprint density at radius 3 is 3.04 bits per heavy atom. The lowest BCUT2D eigenvalue weighted by Crippen LogP contribution is -2.47. The molecule has 1 spiro atoms. The molecular weight excluding hydrogens is 292 g/mol. The first kappa shape index (κ1) is 15.0. The second kappa shape index (κ2) is 5.25. The molecule has 0 aromatic rings. The van der Waals surface area contributed by atoms with Gasteiger partial charge in [-0.1, -0.05) is 13.0 Å². The van der Waals surface area contributed by atoms with Gasteiger partial charge in [-0.3, -0.25) is 9.90 Å². The molecule has 1 fully saturated rings. The lowest BCUT2D eigenvalue weighted by molar-refractivity contribution is -0.0967. The van der Waals surface area contributed by atoms with Gasteiger partial charge in [0.05, 0.1) is 42.9 Å². The van der Waals surface area contributed by atoms with Crippen molar-refractivity contribution in [3.05, 3.63) is 23.6 Å². The van der Waals surface area contributed by atoms with Crippen molar-refractivity contribution in [3.8, 4) is 6.07 Å². The van der Waals surface area contributed by atoms with Crippen LogP contribution in [0.25, 0.3) is 0 Å². The van der Waals surface area contributed by atoms with Crippen molar-refractivity contribution >= 4 is 0 Å². The summed E-state index contributed by atoms with van der Waals surface area (Å²) in [7, 11) is 1.66. The van der Waals surface area contributed by atoms with E-state index in [0.717, 1.165) is 18.6 Å². The van der Waals surface area contributed by atoms with E-state index in [-0.39, 0.29) is 29.5 Å². The Hall–Kier alpha value is -1.51. The summed E-state index contributed by atoms with van der Waals surface area (Å²) in [6.45, 7) is 2.88. The molecule has 0 radical (unpaired) electrons. The lowest BCUT2D eigenvalue weighted by atomic mass is 9.55. The molecule has 6 atom stereocenters. The molecule has 1 N–H and O–H groups in total. The van der Waals surface area contributed by atoms with E-state index in [9.17, 15) is 10.4 Å². The molecule has 0 aromatic heterocycles. The van der Waals surface area contributed by atoms with Gasteiger partial charge in [0.15, 0.2) is 0 Å². The van der Waals surface area contributed by atoms with Crippen LogP contribution in [0.15, 0.2) is 23.6 Å². The Kier molecular flexibility index (Phi) is 3.44. The molecule has 3 unspecified atom stereocenters. The highest BCUT2D eigenvalue weighted by atomic mass is 16.7. The summed E-state index contributed by atoms with van der Waals surface area (Å²) in [6.07, 6.45) is 7.05. The zero-order valence-electron chi connectivity index (χ0n) is 13.7. The van der Waals surface area contributed by atoms with Gasteiger partial charge in [-0.15, -0.1) is 0 Å². The van der Waals surface area contributed by atoms with Gasteiger partial charge in [-0.05, 0) is 30.8 Å². The maximum atomic E-state index is 10.3. The molecule has 5 heteroatoms. The third-order valence-corrected chi connectivity index (χ3v) is 6.23. The van der Waals surface area contributed by atoms with E-state index in [2.05, 4.69) is 19.1 Å². The first-order valence-corrected chi connectivity index (χ1v) is 8.58. The molecule has 4 aliphatic rings. The number of nitriles is 1. The Bertz CT molecular complexity index is 608. The summed E-state index contributed by atoms with van der Waals surface area (Å²) >= 11 is 0. The van der Waals surface area contributed by atoms with Gasteiger partial charge in [0.2, 0.25) is 0 Å². The fourth-order valence-corrected chi connectivity index (χ4v) is 5.27. The van der Waals surface area contributed by atoms with Crippen molar-refractivity contribution in [2.45, 2.75) is 44.8 Å². The Balaban J connectivity index is 1.89. The van der Waals surface area contributed by atoms with Gasteiger partial charge < -0.3 is 9.84 Å². The van der Waals surface area contributed by atoms with E-state index in [1.807, 2.05) is 11.3 Å². The predicted molar refractivity (Wildman–Crippen MR) is 83.4 cm³/mol. The molecule has 23 heavy (non-hydrogen) atoms. The third-order valence-electron chi connectivity index (χ3n) is 6.23. The minimum atomic E-state index is -0.370. The van der Waals surface area contributed by atoms with Crippen LogP contribution in [0.4, 0.5) is 0 Å². The first-order valence-electron chi connectivity index (χ1n) is 8.58. The second-order valence-electron chi connectivity index (χ2n) is 7.43. The number of aliphatic hydroxyl groups is 1. The van der Waals surface area contributed by atoms with Crippen molar-refractivity contribution < 1.29 is 14.7 Å². The van der Waals surface area contributed by atoms with Gasteiger partial charge >= 0.3 is 0 Å². The van der Waals surface area contributed by atoms with E-state index in [1.165, 1.54) is 5.57 Å². The number of rotatable bonds is 1. The molecule has 0 aromatic carbocycles. The van der Waals surface area contributed by atoms with Crippen LogP contribution in [0.1, 0.15) is 32.6 Å². The number of hydroxylamine groups is 2. The summed E-state index contributed by atoms with van der Waals surface area (Å²) in [4.78, 5) is 5.45. The molecule has 4 rings (SSSR count). The van der Waals surface area contributed by atoms with Crippen LogP contribution in [0.2, 0.25) is 0 Å². The van der Waals surface area contributed by atoms with Crippen molar-refractivity contribution in [2.75, 3.05) is 13.7 Å². The largest absolute Gasteiger partial charge is 0.493 e. The molecule has 2 heterocycles. The topological polar surface area (TPSA) is 65.7 Å². The Morgan fingerprint density at radius 1 is 1.48 bits per heavy atom. The Morgan fingerprint density at radius 2 is 2.30 bits per heavy atom. The zero-order valence-corrected chi connectivity index (χ0v) is 13.7. The van der Waals surface area contributed by atoms with Gasteiger partial charge in [0, 0.05) is 18.5 Å². The standard InChI is InChI=1S/C18H24N2O3/c1-11-3-4-16-18(14(11)9-19)5-6-20(22-2)10-12-7-13(21)8-15(23-16)17(12)18/h5-6,11-14,16,21H,3-4,7-8,10H2,1-2H3/t11?,12-,13+,14?,16-,18?/m1/s1. The Labute approximate surface area is 137 Å². The number of aliphatic hydroxyl groups excluding tert-OH is 1. The van der Waals surface area contributed by atoms with Crippen LogP contribution in [-0.4, -0.2) is 36.0 Å². The molecule has 5 nitrogen and oxygen atoms in total. The fraction of sp³-hybridized carbons (Fsp3) is 0.722. The monoisotopic (exact) mass is 316 g/mol. The van der Waals surface area contributed by atoms with E-state index in [4.69, 9.17) is 9.57 Å². The van der Waals surface area contributed by atoms with Gasteiger partial charge in [-0.25, -0.2) is 0 Å². The van der Waals surface area contributed by atoms with Gasteiger partial charge in [-0.2, -0.15) is 5.26 Å². The molecular formula is C18H24N2O3. The van der Waals surface area contributed by atoms with Gasteiger partial charge in [0.1, 0.15) is 6.10 Å². The zero-order chi connectivity index (χ0) is 16.2. The molecule has 0 bridgehead atoms. The highest BCUT2D eigenvalue weighted by molar-refractivity contribution is 5.41. The summed E-state index contributed by atoms with van der Waals surface area (Å²) in [5, 5.41) is 22.0. The second-order valence-corrected chi connectivity index (χ2v) is 7.43. The summed E-state index contributed by atoms with van der Waals surface area (Å²) in [5.41, 5.74) is 0.918. The highest BCUT2D eigenvalue weighted by Gasteiger charge is 2.61. The van der Waals surface area contributed by atoms with E-state index < -0.39 is 0 Å². The minimum Gasteiger partial charge on any atom is -0.493 e. The predicted octanol–water partition coefficient (Wildman–Crippen LogP) is 2.36. The first-order chi connectivity index (χ1) is 11.1. The van der Waals surface area contributed by atoms with Crippen LogP contribution >= 0.6 is 0 Å². The summed E-state index contributed by atoms with van der Waals surface area (Å²) < 4.78 is 6.31. The van der Waals surface area contributed by atoms with Gasteiger partial charge in [0.25, 0.3) is 0 Å². The van der Waals surface area contributed by atoms with Crippen molar-refractivity contribution in [1.82, 2.24) is 5.06 Å². The SMILES string of the molecule is CON1C=CC23C4=C(C[C@@H](O)C[C@@H]4C1)O[C@@H]2CCC(C)C3C#N. The maximum Gasteiger partial charge on any atom is 0.112 e. The third kappa shape index (κ3) is 1.98. The maximum absolute atomic E-state index is 10.3. The van der Waals surface area contributed by atoms with E-state index in [0.29, 0.717) is 25.3 Å². The molecule has 124 valence electrons. The average molecular weight is 316 g/mol. The van der Waals surface area contributed by atoms with Crippen LogP contribution in [0.3, 0.4) is 0 Å². The molecule has 2 aliphatic heterocycles. The quantitative estimate of drug-likeness (QED) is 0.804. The van der Waals surface area contributed by atoms with Crippen LogP contribution in [-0.2, 0) is 9.57 Å². The van der Waals surface area contributed by atoms with Crippen molar-refractivity contribution in [2.24, 2.45) is 23.2 Å².